The minimum absolute atomic E-state index is 0.289. The lowest BCUT2D eigenvalue weighted by atomic mass is 9.52. The molecule has 0 spiro atoms. The van der Waals surface area contributed by atoms with Crippen LogP contribution in [0, 0.1) is 22.7 Å². The minimum atomic E-state index is 0.289. The number of rotatable bonds is 2. The van der Waals surface area contributed by atoms with Crippen molar-refractivity contribution >= 4 is 0 Å². The Morgan fingerprint density at radius 1 is 1.33 bits per heavy atom. The Kier molecular flexibility index (Phi) is 3.66. The van der Waals surface area contributed by atoms with E-state index in [-0.39, 0.29) is 5.41 Å². The molecule has 0 aromatic carbocycles. The molecule has 1 nitrogen and oxygen atoms in total. The van der Waals surface area contributed by atoms with Crippen LogP contribution in [0.1, 0.15) is 60.3 Å². The first-order valence-corrected chi connectivity index (χ1v) is 7.54. The van der Waals surface area contributed by atoms with E-state index in [2.05, 4.69) is 40.7 Å². The maximum atomic E-state index is 5.68. The molecule has 0 bridgehead atoms. The number of ether oxygens (including phenoxy) is 1. The fourth-order valence-corrected chi connectivity index (χ4v) is 4.51. The van der Waals surface area contributed by atoms with Gasteiger partial charge in [0.15, 0.2) is 0 Å². The summed E-state index contributed by atoms with van der Waals surface area (Å²) in [5.74, 6) is 1.46. The highest BCUT2D eigenvalue weighted by atomic mass is 16.5. The number of hydrogen-bond donors (Lipinski definition) is 0. The third-order valence-electron chi connectivity index (χ3n) is 6.15. The van der Waals surface area contributed by atoms with Crippen molar-refractivity contribution in [3.63, 3.8) is 0 Å². The minimum Gasteiger partial charge on any atom is -0.381 e. The fraction of sp³-hybridized carbons (Fsp3) is 0.882. The third kappa shape index (κ3) is 2.05. The Bertz CT molecular complexity index is 342. The van der Waals surface area contributed by atoms with Crippen LogP contribution in [0.4, 0.5) is 0 Å². The Labute approximate surface area is 113 Å². The molecular weight excluding hydrogens is 220 g/mol. The van der Waals surface area contributed by atoms with Crippen LogP contribution >= 0.6 is 0 Å². The maximum Gasteiger partial charge on any atom is 0.0602 e. The lowest BCUT2D eigenvalue weighted by Gasteiger charge is -2.54. The predicted octanol–water partition coefficient (Wildman–Crippen LogP) is 4.82. The molecule has 2 rings (SSSR count). The van der Waals surface area contributed by atoms with Crippen molar-refractivity contribution < 1.29 is 4.74 Å². The Hall–Kier alpha value is -0.300. The summed E-state index contributed by atoms with van der Waals surface area (Å²) in [6.07, 6.45) is 8.14. The van der Waals surface area contributed by atoms with E-state index < -0.39 is 0 Å². The molecule has 0 aromatic heterocycles. The molecule has 0 heterocycles. The summed E-state index contributed by atoms with van der Waals surface area (Å²) < 4.78 is 5.68. The van der Waals surface area contributed by atoms with Gasteiger partial charge in [0.1, 0.15) is 0 Å². The van der Waals surface area contributed by atoms with Gasteiger partial charge >= 0.3 is 0 Å². The normalized spacial score (nSPS) is 40.9. The molecular formula is C17H30O. The zero-order valence-corrected chi connectivity index (χ0v) is 13.0. The van der Waals surface area contributed by atoms with Crippen LogP contribution in [-0.4, -0.2) is 13.2 Å². The van der Waals surface area contributed by atoms with Crippen molar-refractivity contribution in [1.29, 1.82) is 0 Å². The topological polar surface area (TPSA) is 9.23 Å². The van der Waals surface area contributed by atoms with Crippen molar-refractivity contribution in [3.8, 4) is 0 Å². The van der Waals surface area contributed by atoms with Gasteiger partial charge in [0.2, 0.25) is 0 Å². The average Bonchev–Trinajstić information content (AvgIpc) is 2.32. The number of fused-ring (bicyclic) bond motifs is 1. The van der Waals surface area contributed by atoms with Gasteiger partial charge in [-0.05, 0) is 49.9 Å². The van der Waals surface area contributed by atoms with Gasteiger partial charge in [0.05, 0.1) is 6.10 Å². The molecule has 2 aliphatic carbocycles. The largest absolute Gasteiger partial charge is 0.381 e. The molecule has 0 aromatic rings. The van der Waals surface area contributed by atoms with Gasteiger partial charge in [-0.15, -0.1) is 0 Å². The monoisotopic (exact) mass is 250 g/mol. The van der Waals surface area contributed by atoms with Crippen LogP contribution in [-0.2, 0) is 4.74 Å². The smallest absolute Gasteiger partial charge is 0.0602 e. The molecule has 1 fully saturated rings. The van der Waals surface area contributed by atoms with Gasteiger partial charge in [-0.2, -0.15) is 0 Å². The van der Waals surface area contributed by atoms with E-state index in [1.807, 2.05) is 7.11 Å². The molecule has 0 N–H and O–H groups in total. The Morgan fingerprint density at radius 3 is 2.61 bits per heavy atom. The molecule has 1 heteroatoms. The summed E-state index contributed by atoms with van der Waals surface area (Å²) in [6.45, 7) is 12.0. The van der Waals surface area contributed by atoms with E-state index in [0.717, 1.165) is 5.92 Å². The molecule has 0 amide bonds. The van der Waals surface area contributed by atoms with Crippen molar-refractivity contribution in [2.45, 2.75) is 66.4 Å². The summed E-state index contributed by atoms with van der Waals surface area (Å²) in [6, 6.07) is 0. The second-order valence-corrected chi connectivity index (χ2v) is 7.48. The lowest BCUT2D eigenvalue weighted by molar-refractivity contribution is -0.0603. The molecule has 2 aliphatic rings. The van der Waals surface area contributed by atoms with Gasteiger partial charge < -0.3 is 4.74 Å². The lowest BCUT2D eigenvalue weighted by Crippen LogP contribution is -2.48. The second-order valence-electron chi connectivity index (χ2n) is 7.48. The first kappa shape index (κ1) is 14.1. The van der Waals surface area contributed by atoms with Crippen molar-refractivity contribution in [3.05, 3.63) is 11.6 Å². The number of methoxy groups -OCH3 is 1. The summed E-state index contributed by atoms with van der Waals surface area (Å²) in [7, 11) is 1.86. The van der Waals surface area contributed by atoms with Gasteiger partial charge in [-0.3, -0.25) is 0 Å². The van der Waals surface area contributed by atoms with E-state index in [0.29, 0.717) is 17.4 Å². The van der Waals surface area contributed by atoms with Crippen LogP contribution in [0.15, 0.2) is 11.6 Å². The summed E-state index contributed by atoms with van der Waals surface area (Å²) >= 11 is 0. The highest BCUT2D eigenvalue weighted by Crippen LogP contribution is 2.56. The van der Waals surface area contributed by atoms with E-state index in [4.69, 9.17) is 4.74 Å². The van der Waals surface area contributed by atoms with E-state index in [1.54, 1.807) is 5.57 Å². The molecule has 0 unspecified atom stereocenters. The predicted molar refractivity (Wildman–Crippen MR) is 77.6 cm³/mol. The van der Waals surface area contributed by atoms with Crippen molar-refractivity contribution in [2.75, 3.05) is 7.11 Å². The summed E-state index contributed by atoms with van der Waals surface area (Å²) in [5.41, 5.74) is 2.48. The Morgan fingerprint density at radius 2 is 2.00 bits per heavy atom. The number of hydrogen-bond acceptors (Lipinski definition) is 1. The molecule has 104 valence electrons. The maximum absolute atomic E-state index is 5.68. The first-order chi connectivity index (χ1) is 8.33. The third-order valence-corrected chi connectivity index (χ3v) is 6.15. The molecule has 18 heavy (non-hydrogen) atoms. The van der Waals surface area contributed by atoms with Crippen LogP contribution < -0.4 is 0 Å². The van der Waals surface area contributed by atoms with Crippen LogP contribution in [0.5, 0.6) is 0 Å². The van der Waals surface area contributed by atoms with E-state index >= 15 is 0 Å². The van der Waals surface area contributed by atoms with Crippen molar-refractivity contribution in [2.24, 2.45) is 22.7 Å². The molecule has 0 radical (unpaired) electrons. The van der Waals surface area contributed by atoms with Crippen LogP contribution in [0.3, 0.4) is 0 Å². The molecule has 0 aliphatic heterocycles. The number of allylic oxidation sites excluding steroid dienone is 2. The quantitative estimate of drug-likeness (QED) is 0.638. The molecule has 0 saturated heterocycles. The van der Waals surface area contributed by atoms with Crippen LogP contribution in [0.25, 0.3) is 0 Å². The molecule has 4 atom stereocenters. The van der Waals surface area contributed by atoms with Gasteiger partial charge in [-0.1, -0.05) is 39.3 Å². The highest BCUT2D eigenvalue weighted by Gasteiger charge is 2.49. The highest BCUT2D eigenvalue weighted by molar-refractivity contribution is 5.21. The van der Waals surface area contributed by atoms with Crippen LogP contribution in [0.2, 0.25) is 0 Å². The zero-order valence-electron chi connectivity index (χ0n) is 13.0. The fourth-order valence-electron chi connectivity index (χ4n) is 4.51. The summed E-state index contributed by atoms with van der Waals surface area (Å²) in [5, 5.41) is 0. The van der Waals surface area contributed by atoms with Gasteiger partial charge in [0, 0.05) is 12.5 Å². The van der Waals surface area contributed by atoms with Crippen molar-refractivity contribution in [1.82, 2.24) is 0 Å². The standard InChI is InChI=1S/C17H30O/c1-12-15-14(8-7-10-16(15,3)4)9-11-17(12,5)13(2)18-6/h9,12-13,15H,7-8,10-11H2,1-6H3/t12-,13+,15-,17-/m0/s1. The zero-order chi connectivity index (χ0) is 13.6. The Balaban J connectivity index is 2.36. The van der Waals surface area contributed by atoms with Gasteiger partial charge in [0.25, 0.3) is 0 Å². The first-order valence-electron chi connectivity index (χ1n) is 7.54. The average molecular weight is 250 g/mol. The second kappa shape index (κ2) is 4.67. The van der Waals surface area contributed by atoms with Gasteiger partial charge in [-0.25, -0.2) is 0 Å². The van der Waals surface area contributed by atoms with E-state index in [1.165, 1.54) is 25.7 Å². The SMILES string of the molecule is CO[C@H](C)[C@@]1(C)CC=C2CCCC(C)(C)[C@H]2[C@@H]1C. The molecule has 1 saturated carbocycles. The summed E-state index contributed by atoms with van der Waals surface area (Å²) in [4.78, 5) is 0. The van der Waals surface area contributed by atoms with E-state index in [9.17, 15) is 0 Å².